The van der Waals surface area contributed by atoms with Crippen LogP contribution >= 0.6 is 0 Å². The van der Waals surface area contributed by atoms with E-state index in [0.717, 1.165) is 11.6 Å². The quantitative estimate of drug-likeness (QED) is 0.743. The van der Waals surface area contributed by atoms with Crippen molar-refractivity contribution in [2.45, 2.75) is 46.1 Å². The predicted octanol–water partition coefficient (Wildman–Crippen LogP) is 3.59. The Labute approximate surface area is 125 Å². The molecule has 0 aromatic heterocycles. The third-order valence-electron chi connectivity index (χ3n) is 5.91. The second kappa shape index (κ2) is 4.39. The molecule has 0 heterocycles. The van der Waals surface area contributed by atoms with E-state index < -0.39 is 5.97 Å². The number of nitrogen functional groups attached to an aromatic ring is 1. The lowest BCUT2D eigenvalue weighted by atomic mass is 9.68. The largest absolute Gasteiger partial charge is 0.478 e. The maximum absolute atomic E-state index is 11.2. The zero-order valence-corrected chi connectivity index (χ0v) is 12.9. The highest BCUT2D eigenvalue weighted by molar-refractivity contribution is 5.97. The highest BCUT2D eigenvalue weighted by atomic mass is 16.4. The highest BCUT2D eigenvalue weighted by Gasteiger charge is 2.59. The van der Waals surface area contributed by atoms with Crippen molar-refractivity contribution in [3.05, 3.63) is 23.8 Å². The van der Waals surface area contributed by atoms with Crippen LogP contribution in [-0.4, -0.2) is 17.1 Å². The minimum Gasteiger partial charge on any atom is -0.478 e. The Morgan fingerprint density at radius 1 is 1.38 bits per heavy atom. The molecule has 4 heteroatoms. The fourth-order valence-corrected chi connectivity index (χ4v) is 4.70. The summed E-state index contributed by atoms with van der Waals surface area (Å²) in [7, 11) is 0. The number of carboxylic acids is 1. The van der Waals surface area contributed by atoms with Crippen LogP contribution < -0.4 is 11.1 Å². The number of rotatable bonds is 3. The Morgan fingerprint density at radius 3 is 2.67 bits per heavy atom. The van der Waals surface area contributed by atoms with Gasteiger partial charge < -0.3 is 16.2 Å². The minimum absolute atomic E-state index is 0.172. The molecule has 2 saturated carbocycles. The molecule has 2 bridgehead atoms. The molecular weight excluding hydrogens is 264 g/mol. The number of aromatic carboxylic acids is 1. The van der Waals surface area contributed by atoms with Gasteiger partial charge in [-0.15, -0.1) is 0 Å². The number of hydrogen-bond donors (Lipinski definition) is 3. The van der Waals surface area contributed by atoms with Gasteiger partial charge in [0.1, 0.15) is 0 Å². The average molecular weight is 288 g/mol. The van der Waals surface area contributed by atoms with E-state index in [2.05, 4.69) is 26.1 Å². The van der Waals surface area contributed by atoms with Crippen molar-refractivity contribution in [2.75, 3.05) is 11.1 Å². The molecule has 4 N–H and O–H groups in total. The maximum Gasteiger partial charge on any atom is 0.337 e. The van der Waals surface area contributed by atoms with Gasteiger partial charge in [-0.25, -0.2) is 4.79 Å². The van der Waals surface area contributed by atoms with Crippen molar-refractivity contribution in [1.29, 1.82) is 0 Å². The normalized spacial score (nSPS) is 33.1. The van der Waals surface area contributed by atoms with E-state index in [1.165, 1.54) is 19.3 Å². The van der Waals surface area contributed by atoms with Gasteiger partial charge in [0.2, 0.25) is 0 Å². The number of carbonyl (C=O) groups is 1. The number of hydrogen-bond acceptors (Lipinski definition) is 3. The van der Waals surface area contributed by atoms with Gasteiger partial charge >= 0.3 is 5.97 Å². The Kier molecular flexibility index (Phi) is 2.98. The third-order valence-corrected chi connectivity index (χ3v) is 5.91. The molecule has 0 radical (unpaired) electrons. The molecule has 1 aromatic carbocycles. The molecule has 0 amide bonds. The molecule has 4 nitrogen and oxygen atoms in total. The van der Waals surface area contributed by atoms with Gasteiger partial charge in [-0.2, -0.15) is 0 Å². The zero-order valence-electron chi connectivity index (χ0n) is 12.9. The Bertz CT molecular complexity index is 592. The van der Waals surface area contributed by atoms with Crippen LogP contribution in [0.2, 0.25) is 0 Å². The van der Waals surface area contributed by atoms with E-state index in [0.29, 0.717) is 11.7 Å². The summed E-state index contributed by atoms with van der Waals surface area (Å²) in [5, 5.41) is 12.8. The first kappa shape index (κ1) is 14.2. The minimum atomic E-state index is -0.977. The van der Waals surface area contributed by atoms with Gasteiger partial charge in [0.25, 0.3) is 0 Å². The van der Waals surface area contributed by atoms with Crippen molar-refractivity contribution in [3.8, 4) is 0 Å². The van der Waals surface area contributed by atoms with Crippen LogP contribution in [0.5, 0.6) is 0 Å². The number of nitrogens with one attached hydrogen (secondary N) is 1. The van der Waals surface area contributed by atoms with Crippen molar-refractivity contribution in [1.82, 2.24) is 0 Å². The molecule has 0 saturated heterocycles. The Balaban J connectivity index is 1.94. The summed E-state index contributed by atoms with van der Waals surface area (Å²) in [5.74, 6) is -0.238. The van der Waals surface area contributed by atoms with Gasteiger partial charge in [-0.1, -0.05) is 26.8 Å². The van der Waals surface area contributed by atoms with Crippen LogP contribution in [0.15, 0.2) is 18.2 Å². The standard InChI is InChI=1S/C17H24N2O2/c1-16(2)10-7-8-17(3,9-10)15(16)19-12-6-4-5-11(13(12)18)14(20)21/h4-6,10,15,19H,7-9,18H2,1-3H3,(H,20,21). The molecular formula is C17H24N2O2. The lowest BCUT2D eigenvalue weighted by Crippen LogP contribution is -2.45. The van der Waals surface area contributed by atoms with Gasteiger partial charge in [0.15, 0.2) is 0 Å². The van der Waals surface area contributed by atoms with Crippen LogP contribution in [0.4, 0.5) is 11.4 Å². The topological polar surface area (TPSA) is 75.3 Å². The van der Waals surface area contributed by atoms with Crippen molar-refractivity contribution < 1.29 is 9.90 Å². The number of fused-ring (bicyclic) bond motifs is 2. The first-order valence-electron chi connectivity index (χ1n) is 7.64. The molecule has 1 aromatic rings. The molecule has 3 unspecified atom stereocenters. The van der Waals surface area contributed by atoms with Gasteiger partial charge in [0.05, 0.1) is 16.9 Å². The SMILES string of the molecule is CC12CCC(C1)C(C)(C)C2Nc1cccc(C(=O)O)c1N. The summed E-state index contributed by atoms with van der Waals surface area (Å²) in [6.07, 6.45) is 3.78. The van der Waals surface area contributed by atoms with E-state index in [1.807, 2.05) is 6.07 Å². The van der Waals surface area contributed by atoms with E-state index in [4.69, 9.17) is 5.73 Å². The van der Waals surface area contributed by atoms with Crippen molar-refractivity contribution >= 4 is 17.3 Å². The monoisotopic (exact) mass is 288 g/mol. The first-order chi connectivity index (χ1) is 9.75. The van der Waals surface area contributed by atoms with Crippen LogP contribution in [0, 0.1) is 16.7 Å². The smallest absolute Gasteiger partial charge is 0.337 e. The zero-order chi connectivity index (χ0) is 15.4. The van der Waals surface area contributed by atoms with Gasteiger partial charge in [-0.05, 0) is 48.1 Å². The van der Waals surface area contributed by atoms with Crippen LogP contribution in [0.3, 0.4) is 0 Å². The summed E-state index contributed by atoms with van der Waals surface area (Å²) >= 11 is 0. The molecule has 114 valence electrons. The van der Waals surface area contributed by atoms with E-state index in [-0.39, 0.29) is 16.4 Å². The molecule has 21 heavy (non-hydrogen) atoms. The second-order valence-corrected chi connectivity index (χ2v) is 7.56. The third kappa shape index (κ3) is 2.00. The van der Waals surface area contributed by atoms with Gasteiger partial charge in [0, 0.05) is 6.04 Å². The number of benzene rings is 1. The molecule has 2 aliphatic rings. The lowest BCUT2D eigenvalue weighted by molar-refractivity contribution is 0.0698. The number of carboxylic acid groups (broad SMARTS) is 1. The molecule has 3 rings (SSSR count). The fraction of sp³-hybridized carbons (Fsp3) is 0.588. The van der Waals surface area contributed by atoms with E-state index >= 15 is 0 Å². The Hall–Kier alpha value is -1.71. The number of para-hydroxylation sites is 1. The van der Waals surface area contributed by atoms with Crippen LogP contribution in [-0.2, 0) is 0 Å². The first-order valence-corrected chi connectivity index (χ1v) is 7.64. The van der Waals surface area contributed by atoms with Gasteiger partial charge in [-0.3, -0.25) is 0 Å². The van der Waals surface area contributed by atoms with Crippen molar-refractivity contribution in [2.24, 2.45) is 16.7 Å². The summed E-state index contributed by atoms with van der Waals surface area (Å²) in [4.78, 5) is 11.2. The summed E-state index contributed by atoms with van der Waals surface area (Å²) in [5.41, 5.74) is 7.80. The molecule has 3 atom stereocenters. The highest BCUT2D eigenvalue weighted by Crippen LogP contribution is 2.63. The molecule has 2 aliphatic carbocycles. The second-order valence-electron chi connectivity index (χ2n) is 7.56. The molecule has 2 fully saturated rings. The Morgan fingerprint density at radius 2 is 2.10 bits per heavy atom. The maximum atomic E-state index is 11.2. The average Bonchev–Trinajstić information content (AvgIpc) is 2.87. The van der Waals surface area contributed by atoms with Crippen LogP contribution in [0.25, 0.3) is 0 Å². The summed E-state index contributed by atoms with van der Waals surface area (Å²) in [6, 6.07) is 5.52. The van der Waals surface area contributed by atoms with Crippen molar-refractivity contribution in [3.63, 3.8) is 0 Å². The molecule has 0 aliphatic heterocycles. The summed E-state index contributed by atoms with van der Waals surface area (Å²) in [6.45, 7) is 6.98. The summed E-state index contributed by atoms with van der Waals surface area (Å²) < 4.78 is 0. The lowest BCUT2D eigenvalue weighted by Gasteiger charge is -2.43. The number of anilines is 2. The fourth-order valence-electron chi connectivity index (χ4n) is 4.70. The number of nitrogens with two attached hydrogens (primary N) is 1. The molecule has 0 spiro atoms. The van der Waals surface area contributed by atoms with Crippen LogP contribution in [0.1, 0.15) is 50.4 Å². The predicted molar refractivity (Wildman–Crippen MR) is 84.5 cm³/mol. The van der Waals surface area contributed by atoms with E-state index in [9.17, 15) is 9.90 Å². The van der Waals surface area contributed by atoms with E-state index in [1.54, 1.807) is 12.1 Å².